The van der Waals surface area contributed by atoms with Crippen LogP contribution >= 0.6 is 0 Å². The van der Waals surface area contributed by atoms with E-state index in [0.29, 0.717) is 6.54 Å². The molecule has 0 saturated heterocycles. The van der Waals surface area contributed by atoms with E-state index in [1.807, 2.05) is 27.7 Å². The Balaban J connectivity index is 3.95. The second kappa shape index (κ2) is 5.73. The van der Waals surface area contributed by atoms with Crippen molar-refractivity contribution in [1.29, 1.82) is 0 Å². The van der Waals surface area contributed by atoms with E-state index < -0.39 is 5.97 Å². The number of rotatable bonds is 6. The number of hydrogen-bond acceptors (Lipinski definition) is 2. The maximum Gasteiger partial charge on any atom is 0.303 e. The van der Waals surface area contributed by atoms with Crippen LogP contribution in [0.15, 0.2) is 0 Å². The van der Waals surface area contributed by atoms with E-state index in [1.165, 1.54) is 0 Å². The molecule has 4 nitrogen and oxygen atoms in total. The van der Waals surface area contributed by atoms with Gasteiger partial charge in [0, 0.05) is 18.4 Å². The molecule has 0 bridgehead atoms. The summed E-state index contributed by atoms with van der Waals surface area (Å²) in [6.45, 7) is 7.95. The molecular formula is C11H21NO3. The van der Waals surface area contributed by atoms with Crippen molar-refractivity contribution in [3.05, 3.63) is 0 Å². The Labute approximate surface area is 91.1 Å². The second-order valence-electron chi connectivity index (χ2n) is 4.65. The van der Waals surface area contributed by atoms with Gasteiger partial charge >= 0.3 is 5.97 Å². The maximum absolute atomic E-state index is 11.6. The molecule has 0 aromatic heterocycles. The van der Waals surface area contributed by atoms with Crippen LogP contribution < -0.4 is 5.32 Å². The Morgan fingerprint density at radius 3 is 2.33 bits per heavy atom. The summed E-state index contributed by atoms with van der Waals surface area (Å²) in [6, 6.07) is 0. The zero-order valence-electron chi connectivity index (χ0n) is 9.96. The van der Waals surface area contributed by atoms with Gasteiger partial charge < -0.3 is 10.4 Å². The van der Waals surface area contributed by atoms with Crippen LogP contribution in [0.5, 0.6) is 0 Å². The first-order chi connectivity index (χ1) is 6.79. The van der Waals surface area contributed by atoms with E-state index in [2.05, 4.69) is 5.32 Å². The molecule has 1 unspecified atom stereocenters. The van der Waals surface area contributed by atoms with Crippen molar-refractivity contribution >= 4 is 11.9 Å². The Morgan fingerprint density at radius 2 is 1.93 bits per heavy atom. The SMILES string of the molecule is CCC(C)(C)C(=O)NCC(C)CC(=O)O. The molecule has 1 amide bonds. The average molecular weight is 215 g/mol. The number of carboxylic acid groups (broad SMARTS) is 1. The summed E-state index contributed by atoms with van der Waals surface area (Å²) in [7, 11) is 0. The highest BCUT2D eigenvalue weighted by Gasteiger charge is 2.25. The topological polar surface area (TPSA) is 66.4 Å². The number of aliphatic carboxylic acids is 1. The molecule has 0 aliphatic heterocycles. The van der Waals surface area contributed by atoms with Crippen LogP contribution in [0, 0.1) is 11.3 Å². The van der Waals surface area contributed by atoms with Gasteiger partial charge in [-0.25, -0.2) is 0 Å². The highest BCUT2D eigenvalue weighted by Crippen LogP contribution is 2.19. The lowest BCUT2D eigenvalue weighted by Gasteiger charge is -2.22. The molecule has 0 fully saturated rings. The van der Waals surface area contributed by atoms with Crippen molar-refractivity contribution in [1.82, 2.24) is 5.32 Å². The van der Waals surface area contributed by atoms with Crippen LogP contribution in [0.25, 0.3) is 0 Å². The third-order valence-corrected chi connectivity index (χ3v) is 2.63. The van der Waals surface area contributed by atoms with Crippen molar-refractivity contribution < 1.29 is 14.7 Å². The number of amides is 1. The van der Waals surface area contributed by atoms with Gasteiger partial charge in [-0.05, 0) is 12.3 Å². The van der Waals surface area contributed by atoms with Gasteiger partial charge in [0.25, 0.3) is 0 Å². The number of nitrogens with one attached hydrogen (secondary N) is 1. The molecule has 0 aromatic carbocycles. The minimum absolute atomic E-state index is 0.0118. The summed E-state index contributed by atoms with van der Waals surface area (Å²) in [5, 5.41) is 11.3. The van der Waals surface area contributed by atoms with Crippen molar-refractivity contribution in [3.8, 4) is 0 Å². The lowest BCUT2D eigenvalue weighted by Crippen LogP contribution is -2.38. The van der Waals surface area contributed by atoms with Crippen molar-refractivity contribution in [3.63, 3.8) is 0 Å². The fourth-order valence-electron chi connectivity index (χ4n) is 1.04. The van der Waals surface area contributed by atoms with Crippen molar-refractivity contribution in [2.24, 2.45) is 11.3 Å². The average Bonchev–Trinajstić information content (AvgIpc) is 2.13. The molecule has 0 heterocycles. The minimum atomic E-state index is -0.827. The zero-order valence-corrected chi connectivity index (χ0v) is 9.96. The summed E-state index contributed by atoms with van der Waals surface area (Å²) in [5.74, 6) is -0.868. The Bertz CT molecular complexity index is 236. The zero-order chi connectivity index (χ0) is 12.1. The quantitative estimate of drug-likeness (QED) is 0.708. The van der Waals surface area contributed by atoms with E-state index in [1.54, 1.807) is 0 Å². The van der Waals surface area contributed by atoms with Gasteiger partial charge in [-0.3, -0.25) is 9.59 Å². The predicted octanol–water partition coefficient (Wildman–Crippen LogP) is 1.65. The fourth-order valence-corrected chi connectivity index (χ4v) is 1.04. The first-order valence-corrected chi connectivity index (χ1v) is 5.29. The molecule has 0 aliphatic rings. The normalized spacial score (nSPS) is 13.3. The summed E-state index contributed by atoms with van der Waals surface area (Å²) in [5.41, 5.74) is -0.372. The van der Waals surface area contributed by atoms with E-state index in [0.717, 1.165) is 6.42 Å². The van der Waals surface area contributed by atoms with E-state index in [4.69, 9.17) is 5.11 Å². The highest BCUT2D eigenvalue weighted by molar-refractivity contribution is 5.81. The molecule has 4 heteroatoms. The largest absolute Gasteiger partial charge is 0.481 e. The van der Waals surface area contributed by atoms with Crippen LogP contribution in [0.2, 0.25) is 0 Å². The monoisotopic (exact) mass is 215 g/mol. The van der Waals surface area contributed by atoms with Crippen LogP contribution in [0.4, 0.5) is 0 Å². The molecular weight excluding hydrogens is 194 g/mol. The molecule has 0 aliphatic carbocycles. The smallest absolute Gasteiger partial charge is 0.303 e. The van der Waals surface area contributed by atoms with E-state index in [9.17, 15) is 9.59 Å². The van der Waals surface area contributed by atoms with Crippen molar-refractivity contribution in [2.75, 3.05) is 6.54 Å². The lowest BCUT2D eigenvalue weighted by atomic mass is 9.89. The summed E-state index contributed by atoms with van der Waals surface area (Å²) in [6.07, 6.45) is 0.860. The highest BCUT2D eigenvalue weighted by atomic mass is 16.4. The Kier molecular flexibility index (Phi) is 5.33. The minimum Gasteiger partial charge on any atom is -0.481 e. The third kappa shape index (κ3) is 5.40. The first kappa shape index (κ1) is 13.9. The van der Waals surface area contributed by atoms with Crippen LogP contribution in [-0.2, 0) is 9.59 Å². The molecule has 15 heavy (non-hydrogen) atoms. The third-order valence-electron chi connectivity index (χ3n) is 2.63. The van der Waals surface area contributed by atoms with Crippen LogP contribution in [0.1, 0.15) is 40.5 Å². The van der Waals surface area contributed by atoms with Gasteiger partial charge in [-0.2, -0.15) is 0 Å². The fraction of sp³-hybridized carbons (Fsp3) is 0.818. The van der Waals surface area contributed by atoms with Crippen molar-refractivity contribution in [2.45, 2.75) is 40.5 Å². The van der Waals surface area contributed by atoms with Crippen LogP contribution in [0.3, 0.4) is 0 Å². The molecule has 2 N–H and O–H groups in total. The van der Waals surface area contributed by atoms with Gasteiger partial charge in [0.05, 0.1) is 0 Å². The van der Waals surface area contributed by atoms with E-state index >= 15 is 0 Å². The summed E-state index contributed by atoms with van der Waals surface area (Å²) < 4.78 is 0. The molecule has 0 radical (unpaired) electrons. The van der Waals surface area contributed by atoms with Gasteiger partial charge in [-0.1, -0.05) is 27.7 Å². The molecule has 0 aromatic rings. The van der Waals surface area contributed by atoms with Gasteiger partial charge in [-0.15, -0.1) is 0 Å². The molecule has 0 rings (SSSR count). The number of carbonyl (C=O) groups excluding carboxylic acids is 1. The Morgan fingerprint density at radius 1 is 1.40 bits per heavy atom. The number of carbonyl (C=O) groups is 2. The molecule has 88 valence electrons. The number of hydrogen-bond donors (Lipinski definition) is 2. The predicted molar refractivity (Wildman–Crippen MR) is 58.5 cm³/mol. The molecule has 0 spiro atoms. The molecule has 1 atom stereocenters. The Hall–Kier alpha value is -1.06. The van der Waals surface area contributed by atoms with Gasteiger partial charge in [0.1, 0.15) is 0 Å². The summed E-state index contributed by atoms with van der Waals surface area (Å²) in [4.78, 5) is 22.0. The van der Waals surface area contributed by atoms with Gasteiger partial charge in [0.15, 0.2) is 0 Å². The van der Waals surface area contributed by atoms with Gasteiger partial charge in [0.2, 0.25) is 5.91 Å². The first-order valence-electron chi connectivity index (χ1n) is 5.29. The summed E-state index contributed by atoms with van der Waals surface area (Å²) >= 11 is 0. The van der Waals surface area contributed by atoms with Crippen LogP contribution in [-0.4, -0.2) is 23.5 Å². The lowest BCUT2D eigenvalue weighted by molar-refractivity contribution is -0.138. The maximum atomic E-state index is 11.6. The number of carboxylic acids is 1. The standard InChI is InChI=1S/C11H21NO3/c1-5-11(3,4)10(15)12-7-8(2)6-9(13)14/h8H,5-7H2,1-4H3,(H,12,15)(H,13,14). The second-order valence-corrected chi connectivity index (χ2v) is 4.65. The molecule has 0 saturated carbocycles. The van der Waals surface area contributed by atoms with E-state index in [-0.39, 0.29) is 23.7 Å².